The molecule has 21 heavy (non-hydrogen) atoms. The maximum absolute atomic E-state index is 10.7. The first-order valence-electron chi connectivity index (χ1n) is 7.67. The molecular weight excluding hydrogens is 284 g/mol. The molecule has 3 rings (SSSR count). The van der Waals surface area contributed by atoms with Crippen LogP contribution in [0.3, 0.4) is 0 Å². The minimum atomic E-state index is -0.600. The molecule has 0 amide bonds. The van der Waals surface area contributed by atoms with Crippen molar-refractivity contribution < 1.29 is 5.11 Å². The molecule has 1 aromatic carbocycles. The minimum Gasteiger partial charge on any atom is -0.388 e. The van der Waals surface area contributed by atoms with Gasteiger partial charge in [-0.2, -0.15) is 0 Å². The van der Waals surface area contributed by atoms with Gasteiger partial charge in [-0.3, -0.25) is 4.98 Å². The fraction of sp³-hybridized carbons (Fsp3) is 0.471. The van der Waals surface area contributed by atoms with Crippen molar-refractivity contribution in [3.8, 4) is 0 Å². The third-order valence-electron chi connectivity index (χ3n) is 4.36. The highest BCUT2D eigenvalue weighted by atomic mass is 35.5. The number of hydrogen-bond donors (Lipinski definition) is 2. The number of halogens is 1. The first-order chi connectivity index (χ1) is 10.2. The summed E-state index contributed by atoms with van der Waals surface area (Å²) in [6.45, 7) is 0.570. The molecule has 112 valence electrons. The summed E-state index contributed by atoms with van der Waals surface area (Å²) in [4.78, 5) is 4.42. The van der Waals surface area contributed by atoms with Gasteiger partial charge in [-0.05, 0) is 37.1 Å². The first-order valence-corrected chi connectivity index (χ1v) is 8.05. The van der Waals surface area contributed by atoms with Crippen molar-refractivity contribution in [3.63, 3.8) is 0 Å². The molecule has 0 aliphatic heterocycles. The van der Waals surface area contributed by atoms with Crippen molar-refractivity contribution in [3.05, 3.63) is 35.5 Å². The van der Waals surface area contributed by atoms with E-state index in [9.17, 15) is 5.11 Å². The maximum atomic E-state index is 10.7. The standard InChI is InChI=1S/C17H21ClN2O/c18-14-7-8-15(16-13(14)6-5-11-19-16)20-12-17(21)9-3-1-2-4-10-17/h5-8,11,20-21H,1-4,9-10,12H2. The second-order valence-corrected chi connectivity index (χ2v) is 6.39. The Hall–Kier alpha value is -1.32. The van der Waals surface area contributed by atoms with Gasteiger partial charge in [-0.1, -0.05) is 37.3 Å². The fourth-order valence-electron chi connectivity index (χ4n) is 3.10. The molecule has 1 heterocycles. The number of fused-ring (bicyclic) bond motifs is 1. The van der Waals surface area contributed by atoms with Gasteiger partial charge in [0.15, 0.2) is 0 Å². The Balaban J connectivity index is 1.80. The second-order valence-electron chi connectivity index (χ2n) is 5.99. The third kappa shape index (κ3) is 3.30. The molecule has 2 aromatic rings. The molecule has 1 fully saturated rings. The molecule has 1 aliphatic carbocycles. The number of nitrogens with zero attached hydrogens (tertiary/aromatic N) is 1. The Bertz CT molecular complexity index is 621. The van der Waals surface area contributed by atoms with Crippen molar-refractivity contribution >= 4 is 28.2 Å². The minimum absolute atomic E-state index is 0.570. The molecule has 0 unspecified atom stereocenters. The molecule has 0 saturated heterocycles. The van der Waals surface area contributed by atoms with E-state index < -0.39 is 5.60 Å². The van der Waals surface area contributed by atoms with Gasteiger partial charge in [-0.15, -0.1) is 0 Å². The highest BCUT2D eigenvalue weighted by Gasteiger charge is 2.27. The molecule has 1 aromatic heterocycles. The van der Waals surface area contributed by atoms with Crippen LogP contribution in [0.2, 0.25) is 5.02 Å². The quantitative estimate of drug-likeness (QED) is 0.827. The number of aromatic nitrogens is 1. The predicted molar refractivity (Wildman–Crippen MR) is 87.9 cm³/mol. The number of rotatable bonds is 3. The summed E-state index contributed by atoms with van der Waals surface area (Å²) in [5.74, 6) is 0. The summed E-state index contributed by atoms with van der Waals surface area (Å²) in [6, 6.07) is 7.68. The van der Waals surface area contributed by atoms with Crippen molar-refractivity contribution in [1.82, 2.24) is 4.98 Å². The van der Waals surface area contributed by atoms with E-state index in [4.69, 9.17) is 11.6 Å². The molecule has 1 aliphatic rings. The lowest BCUT2D eigenvalue weighted by molar-refractivity contribution is 0.0381. The van der Waals surface area contributed by atoms with E-state index in [-0.39, 0.29) is 0 Å². The van der Waals surface area contributed by atoms with Crippen LogP contribution in [0.4, 0.5) is 5.69 Å². The van der Waals surface area contributed by atoms with Gasteiger partial charge in [-0.25, -0.2) is 0 Å². The maximum Gasteiger partial charge on any atom is 0.0948 e. The SMILES string of the molecule is OC1(CNc2ccc(Cl)c3cccnc23)CCCCCC1. The van der Waals surface area contributed by atoms with Crippen LogP contribution in [-0.4, -0.2) is 22.2 Å². The zero-order chi connectivity index (χ0) is 14.7. The Morgan fingerprint density at radius 3 is 2.67 bits per heavy atom. The Kier molecular flexibility index (Phi) is 4.32. The monoisotopic (exact) mass is 304 g/mol. The number of aliphatic hydroxyl groups is 1. The largest absolute Gasteiger partial charge is 0.388 e. The number of hydrogen-bond acceptors (Lipinski definition) is 3. The zero-order valence-electron chi connectivity index (χ0n) is 12.1. The van der Waals surface area contributed by atoms with Crippen molar-refractivity contribution in [2.75, 3.05) is 11.9 Å². The molecular formula is C17H21ClN2O. The Morgan fingerprint density at radius 2 is 1.90 bits per heavy atom. The number of nitrogens with one attached hydrogen (secondary N) is 1. The fourth-order valence-corrected chi connectivity index (χ4v) is 3.32. The van der Waals surface area contributed by atoms with Crippen LogP contribution in [0.25, 0.3) is 10.9 Å². The van der Waals surface area contributed by atoms with E-state index in [0.29, 0.717) is 11.6 Å². The van der Waals surface area contributed by atoms with E-state index in [1.165, 1.54) is 12.8 Å². The topological polar surface area (TPSA) is 45.1 Å². The van der Waals surface area contributed by atoms with Gasteiger partial charge in [0.25, 0.3) is 0 Å². The summed E-state index contributed by atoms with van der Waals surface area (Å²) in [5, 5.41) is 15.8. The average molecular weight is 305 g/mol. The summed E-state index contributed by atoms with van der Waals surface area (Å²) >= 11 is 6.21. The Morgan fingerprint density at radius 1 is 1.14 bits per heavy atom. The van der Waals surface area contributed by atoms with Gasteiger partial charge in [0.1, 0.15) is 0 Å². The van der Waals surface area contributed by atoms with Crippen molar-refractivity contribution in [1.29, 1.82) is 0 Å². The normalized spacial score (nSPS) is 18.4. The second kappa shape index (κ2) is 6.20. The zero-order valence-corrected chi connectivity index (χ0v) is 12.9. The lowest BCUT2D eigenvalue weighted by Crippen LogP contribution is -2.36. The number of anilines is 1. The summed E-state index contributed by atoms with van der Waals surface area (Å²) in [6.07, 6.45) is 8.19. The molecule has 3 nitrogen and oxygen atoms in total. The number of pyridine rings is 1. The third-order valence-corrected chi connectivity index (χ3v) is 4.69. The van der Waals surface area contributed by atoms with Crippen LogP contribution in [0.15, 0.2) is 30.5 Å². The van der Waals surface area contributed by atoms with Gasteiger partial charge < -0.3 is 10.4 Å². The van der Waals surface area contributed by atoms with E-state index in [1.807, 2.05) is 24.3 Å². The summed E-state index contributed by atoms with van der Waals surface area (Å²) < 4.78 is 0. The highest BCUT2D eigenvalue weighted by molar-refractivity contribution is 6.35. The van der Waals surface area contributed by atoms with Gasteiger partial charge >= 0.3 is 0 Å². The first kappa shape index (κ1) is 14.6. The van der Waals surface area contributed by atoms with E-state index in [0.717, 1.165) is 42.3 Å². The van der Waals surface area contributed by atoms with Gasteiger partial charge in [0.05, 0.1) is 21.8 Å². The lowest BCUT2D eigenvalue weighted by Gasteiger charge is -2.27. The van der Waals surface area contributed by atoms with Crippen molar-refractivity contribution in [2.24, 2.45) is 0 Å². The molecule has 2 N–H and O–H groups in total. The molecule has 4 heteroatoms. The van der Waals surface area contributed by atoms with E-state index in [2.05, 4.69) is 10.3 Å². The average Bonchev–Trinajstić information content (AvgIpc) is 2.72. The van der Waals surface area contributed by atoms with Crippen LogP contribution in [0.1, 0.15) is 38.5 Å². The van der Waals surface area contributed by atoms with Crippen molar-refractivity contribution in [2.45, 2.75) is 44.1 Å². The highest BCUT2D eigenvalue weighted by Crippen LogP contribution is 2.30. The van der Waals surface area contributed by atoms with E-state index in [1.54, 1.807) is 6.20 Å². The summed E-state index contributed by atoms with van der Waals surface area (Å²) in [5.41, 5.74) is 1.20. The lowest BCUT2D eigenvalue weighted by atomic mass is 9.94. The smallest absolute Gasteiger partial charge is 0.0948 e. The molecule has 0 radical (unpaired) electrons. The number of benzene rings is 1. The molecule has 0 atom stereocenters. The van der Waals surface area contributed by atoms with Crippen LogP contribution in [-0.2, 0) is 0 Å². The van der Waals surface area contributed by atoms with Gasteiger partial charge in [0, 0.05) is 18.1 Å². The Labute approximate surface area is 130 Å². The molecule has 0 spiro atoms. The van der Waals surface area contributed by atoms with Crippen LogP contribution in [0, 0.1) is 0 Å². The van der Waals surface area contributed by atoms with Crippen LogP contribution < -0.4 is 5.32 Å². The predicted octanol–water partition coefficient (Wildman–Crippen LogP) is 4.39. The molecule has 0 bridgehead atoms. The van der Waals surface area contributed by atoms with Crippen LogP contribution >= 0.6 is 11.6 Å². The molecule has 1 saturated carbocycles. The van der Waals surface area contributed by atoms with Gasteiger partial charge in [0.2, 0.25) is 0 Å². The van der Waals surface area contributed by atoms with E-state index >= 15 is 0 Å². The van der Waals surface area contributed by atoms with Crippen LogP contribution in [0.5, 0.6) is 0 Å². The summed E-state index contributed by atoms with van der Waals surface area (Å²) in [7, 11) is 0.